The van der Waals surface area contributed by atoms with Gasteiger partial charge in [0, 0.05) is 10.6 Å². The number of rotatable bonds is 7. The van der Waals surface area contributed by atoms with E-state index in [-0.39, 0.29) is 4.32 Å². The Morgan fingerprint density at radius 3 is 2.57 bits per heavy atom. The third-order valence-corrected chi connectivity index (χ3v) is 7.24. The van der Waals surface area contributed by atoms with Crippen LogP contribution in [0.5, 0.6) is 11.5 Å². The Kier molecular flexibility index (Phi) is 8.32. The number of methoxy groups -OCH3 is 1. The van der Waals surface area contributed by atoms with Gasteiger partial charge in [-0.25, -0.2) is 0 Å². The van der Waals surface area contributed by atoms with Crippen LogP contribution in [0.15, 0.2) is 71.6 Å². The number of carbonyl (C=O) groups is 2. The Morgan fingerprint density at radius 1 is 1.17 bits per heavy atom. The summed E-state index contributed by atoms with van der Waals surface area (Å²) in [4.78, 5) is 25.8. The zero-order chi connectivity index (χ0) is 24.9. The molecule has 178 valence electrons. The van der Waals surface area contributed by atoms with Gasteiger partial charge in [-0.3, -0.25) is 15.0 Å². The number of thiocarbonyl (C=S) groups is 1. The third kappa shape index (κ3) is 6.16. The van der Waals surface area contributed by atoms with E-state index in [4.69, 9.17) is 33.3 Å². The second kappa shape index (κ2) is 11.4. The Bertz CT molecular complexity index is 1320. The van der Waals surface area contributed by atoms with E-state index in [0.29, 0.717) is 33.6 Å². The van der Waals surface area contributed by atoms with Gasteiger partial charge >= 0.3 is 0 Å². The number of hydrogen-bond donors (Lipinski definition) is 1. The summed E-state index contributed by atoms with van der Waals surface area (Å²) in [5.41, 5.74) is 4.71. The second-order valence-electron chi connectivity index (χ2n) is 7.27. The van der Waals surface area contributed by atoms with Crippen LogP contribution in [0.3, 0.4) is 0 Å². The van der Waals surface area contributed by atoms with Gasteiger partial charge in [-0.1, -0.05) is 53.7 Å². The largest absolute Gasteiger partial charge is 0.493 e. The molecule has 0 unspecified atom stereocenters. The highest BCUT2D eigenvalue weighted by Crippen LogP contribution is 2.37. The number of nitrogens with zero attached hydrogens (tertiary/aromatic N) is 1. The molecule has 1 N–H and O–H groups in total. The Balaban J connectivity index is 1.51. The molecular formula is C25H18ClIN2O4S2. The maximum absolute atomic E-state index is 12.9. The predicted octanol–water partition coefficient (Wildman–Crippen LogP) is 6.08. The lowest BCUT2D eigenvalue weighted by molar-refractivity contribution is -0.123. The molecule has 0 bridgehead atoms. The van der Waals surface area contributed by atoms with Crippen molar-refractivity contribution >= 4 is 80.4 Å². The molecule has 10 heteroatoms. The van der Waals surface area contributed by atoms with Crippen molar-refractivity contribution in [2.75, 3.05) is 7.11 Å². The summed E-state index contributed by atoms with van der Waals surface area (Å²) in [6, 6.07) is 19.7. The van der Waals surface area contributed by atoms with Crippen molar-refractivity contribution in [2.45, 2.75) is 6.61 Å². The fourth-order valence-corrected chi connectivity index (χ4v) is 5.26. The Hall–Kier alpha value is -2.60. The van der Waals surface area contributed by atoms with Crippen LogP contribution in [-0.4, -0.2) is 28.3 Å². The Labute approximate surface area is 230 Å². The fraction of sp³-hybridized carbons (Fsp3) is 0.0800. The minimum atomic E-state index is -0.415. The second-order valence-corrected chi connectivity index (χ2v) is 10.5. The summed E-state index contributed by atoms with van der Waals surface area (Å²) in [5, 5.41) is 1.75. The summed E-state index contributed by atoms with van der Waals surface area (Å²) in [6.45, 7) is 0.350. The number of ether oxygens (including phenoxy) is 2. The van der Waals surface area contributed by atoms with Crippen LogP contribution in [0.1, 0.15) is 21.5 Å². The van der Waals surface area contributed by atoms with Gasteiger partial charge in [-0.05, 0) is 88.4 Å². The van der Waals surface area contributed by atoms with Gasteiger partial charge in [0.15, 0.2) is 15.8 Å². The Morgan fingerprint density at radius 2 is 1.89 bits per heavy atom. The first kappa shape index (κ1) is 25.5. The maximum atomic E-state index is 12.9. The van der Waals surface area contributed by atoms with Gasteiger partial charge in [0.05, 0.1) is 15.6 Å². The topological polar surface area (TPSA) is 67.9 Å². The molecule has 0 radical (unpaired) electrons. The average Bonchev–Trinajstić information content (AvgIpc) is 3.11. The molecule has 0 saturated carbocycles. The van der Waals surface area contributed by atoms with Crippen LogP contribution in [0.2, 0.25) is 5.02 Å². The van der Waals surface area contributed by atoms with Gasteiger partial charge in [0.25, 0.3) is 11.8 Å². The number of thioether (sulfide) groups is 1. The molecule has 1 aliphatic heterocycles. The van der Waals surface area contributed by atoms with Gasteiger partial charge in [-0.15, -0.1) is 0 Å². The minimum Gasteiger partial charge on any atom is -0.493 e. The lowest BCUT2D eigenvalue weighted by atomic mass is 10.1. The smallest absolute Gasteiger partial charge is 0.285 e. The van der Waals surface area contributed by atoms with Crippen LogP contribution in [0.25, 0.3) is 6.08 Å². The van der Waals surface area contributed by atoms with Crippen LogP contribution in [0.4, 0.5) is 0 Å². The zero-order valence-electron chi connectivity index (χ0n) is 18.3. The van der Waals surface area contributed by atoms with Crippen LogP contribution in [0, 0.1) is 3.57 Å². The molecular weight excluding hydrogens is 619 g/mol. The number of carbonyl (C=O) groups excluding carboxylic acids is 2. The number of benzene rings is 3. The van der Waals surface area contributed by atoms with Crippen LogP contribution < -0.4 is 14.9 Å². The monoisotopic (exact) mass is 636 g/mol. The molecule has 35 heavy (non-hydrogen) atoms. The zero-order valence-corrected chi connectivity index (χ0v) is 22.8. The van der Waals surface area contributed by atoms with E-state index in [1.54, 1.807) is 43.5 Å². The molecule has 6 nitrogen and oxygen atoms in total. The minimum absolute atomic E-state index is 0.245. The molecule has 0 aromatic heterocycles. The van der Waals surface area contributed by atoms with E-state index in [2.05, 4.69) is 28.0 Å². The molecule has 1 heterocycles. The quantitative estimate of drug-likeness (QED) is 0.193. The number of amides is 2. The SMILES string of the molecule is COc1cc(/C=C2/SC(=S)N(NC(=O)c3ccccc3)C2=O)cc(I)c1OCc1ccc(Cl)cc1. The predicted molar refractivity (Wildman–Crippen MR) is 150 cm³/mol. The highest BCUT2D eigenvalue weighted by molar-refractivity contribution is 14.1. The molecule has 3 aromatic rings. The summed E-state index contributed by atoms with van der Waals surface area (Å²) >= 11 is 14.5. The van der Waals surface area contributed by atoms with Gasteiger partial charge < -0.3 is 9.47 Å². The van der Waals surface area contributed by atoms with Crippen molar-refractivity contribution in [3.63, 3.8) is 0 Å². The standard InChI is InChI=1S/C25H18ClIN2O4S2/c1-32-20-12-16(11-19(27)22(20)33-14-15-7-9-18(26)10-8-15)13-21-24(31)29(25(34)35-21)28-23(30)17-5-3-2-4-6-17/h2-13H,14H2,1H3,(H,28,30)/b21-13+. The number of halogens is 2. The molecule has 0 aliphatic carbocycles. The van der Waals surface area contributed by atoms with Crippen molar-refractivity contribution in [1.29, 1.82) is 0 Å². The van der Waals surface area contributed by atoms with Crippen molar-refractivity contribution in [3.8, 4) is 11.5 Å². The van der Waals surface area contributed by atoms with E-state index in [1.165, 1.54) is 0 Å². The molecule has 3 aromatic carbocycles. The lowest BCUT2D eigenvalue weighted by Crippen LogP contribution is -2.44. The van der Waals surface area contributed by atoms with E-state index >= 15 is 0 Å². The van der Waals surface area contributed by atoms with E-state index in [1.807, 2.05) is 36.4 Å². The normalized spacial score (nSPS) is 14.4. The van der Waals surface area contributed by atoms with Crippen LogP contribution >= 0.6 is 58.2 Å². The molecule has 1 fully saturated rings. The summed E-state index contributed by atoms with van der Waals surface area (Å²) < 4.78 is 12.6. The van der Waals surface area contributed by atoms with Crippen molar-refractivity contribution in [2.24, 2.45) is 0 Å². The van der Waals surface area contributed by atoms with E-state index < -0.39 is 11.8 Å². The van der Waals surface area contributed by atoms with Crippen molar-refractivity contribution in [1.82, 2.24) is 10.4 Å². The molecule has 0 spiro atoms. The summed E-state index contributed by atoms with van der Waals surface area (Å²) in [5.74, 6) is 0.315. The third-order valence-electron chi connectivity index (χ3n) is 4.89. The first-order chi connectivity index (χ1) is 16.9. The fourth-order valence-electron chi connectivity index (χ4n) is 3.17. The highest BCUT2D eigenvalue weighted by Gasteiger charge is 2.34. The summed E-state index contributed by atoms with van der Waals surface area (Å²) in [7, 11) is 1.56. The van der Waals surface area contributed by atoms with Gasteiger partial charge in [0.1, 0.15) is 6.61 Å². The van der Waals surface area contributed by atoms with E-state index in [0.717, 1.165) is 31.5 Å². The lowest BCUT2D eigenvalue weighted by Gasteiger charge is -2.15. The van der Waals surface area contributed by atoms with E-state index in [9.17, 15) is 9.59 Å². The first-order valence-electron chi connectivity index (χ1n) is 10.2. The summed E-state index contributed by atoms with van der Waals surface area (Å²) in [6.07, 6.45) is 1.71. The number of nitrogens with one attached hydrogen (secondary N) is 1. The molecule has 2 amide bonds. The number of hydrogen-bond acceptors (Lipinski definition) is 6. The van der Waals surface area contributed by atoms with Crippen LogP contribution in [-0.2, 0) is 11.4 Å². The van der Waals surface area contributed by atoms with Gasteiger partial charge in [-0.2, -0.15) is 5.01 Å². The molecule has 0 atom stereocenters. The molecule has 1 saturated heterocycles. The first-order valence-corrected chi connectivity index (χ1v) is 12.9. The van der Waals surface area contributed by atoms with Gasteiger partial charge in [0.2, 0.25) is 0 Å². The number of hydrazine groups is 1. The maximum Gasteiger partial charge on any atom is 0.285 e. The molecule has 4 rings (SSSR count). The van der Waals surface area contributed by atoms with Crippen molar-refractivity contribution < 1.29 is 19.1 Å². The average molecular weight is 637 g/mol. The molecule has 1 aliphatic rings. The highest BCUT2D eigenvalue weighted by atomic mass is 127. The van der Waals surface area contributed by atoms with Crippen molar-refractivity contribution in [3.05, 3.63) is 96.9 Å².